The van der Waals surface area contributed by atoms with Gasteiger partial charge in [-0.05, 0) is 12.0 Å². The minimum absolute atomic E-state index is 0.137. The Bertz CT molecular complexity index is 585. The van der Waals surface area contributed by atoms with Gasteiger partial charge in [0.25, 0.3) is 0 Å². The van der Waals surface area contributed by atoms with E-state index in [9.17, 15) is 4.79 Å². The number of benzene rings is 1. The molecule has 1 aromatic carbocycles. The smallest absolute Gasteiger partial charge is 0.233 e. The number of amides is 1. The minimum atomic E-state index is -0.137. The van der Waals surface area contributed by atoms with Crippen LogP contribution >= 0.6 is 0 Å². The second-order valence-electron chi connectivity index (χ2n) is 6.84. The second-order valence-corrected chi connectivity index (χ2v) is 6.84. The van der Waals surface area contributed by atoms with Crippen LogP contribution in [0.2, 0.25) is 0 Å². The molecule has 3 heterocycles. The van der Waals surface area contributed by atoms with Crippen molar-refractivity contribution in [2.24, 2.45) is 5.92 Å². The number of carbonyl (C=O) groups excluding carboxylic acids is 1. The maximum Gasteiger partial charge on any atom is 0.233 e. The zero-order valence-corrected chi connectivity index (χ0v) is 13.6. The molecule has 23 heavy (non-hydrogen) atoms. The van der Waals surface area contributed by atoms with Gasteiger partial charge in [-0.3, -0.25) is 9.69 Å². The van der Waals surface area contributed by atoms with E-state index in [1.54, 1.807) is 0 Å². The van der Waals surface area contributed by atoms with Gasteiger partial charge in [0.05, 0.1) is 13.2 Å². The normalized spacial score (nSPS) is 31.0. The van der Waals surface area contributed by atoms with Crippen LogP contribution in [-0.2, 0) is 9.53 Å². The van der Waals surface area contributed by atoms with E-state index in [1.807, 2.05) is 29.2 Å². The molecule has 3 aliphatic heterocycles. The summed E-state index contributed by atoms with van der Waals surface area (Å²) in [6, 6.07) is 8.37. The van der Waals surface area contributed by atoms with Crippen LogP contribution in [0.4, 0.5) is 0 Å². The summed E-state index contributed by atoms with van der Waals surface area (Å²) in [5, 5.41) is 0. The maximum absolute atomic E-state index is 13.0. The van der Waals surface area contributed by atoms with Crippen molar-refractivity contribution in [3.8, 4) is 5.75 Å². The SMILES string of the molecule is C[C@@H]1CN(C(=O)[C@H]2COc3ccccc32)C[C@H]1N1CCOCC1. The van der Waals surface area contributed by atoms with Crippen molar-refractivity contribution in [2.75, 3.05) is 46.0 Å². The highest BCUT2D eigenvalue weighted by molar-refractivity contribution is 5.86. The molecular weight excluding hydrogens is 292 g/mol. The standard InChI is InChI=1S/C18H24N2O3/c1-13-10-20(11-16(13)19-6-8-22-9-7-19)18(21)15-12-23-17-5-3-2-4-14(15)17/h2-5,13,15-16H,6-12H2,1H3/t13-,15+,16-/m1/s1. The first-order valence-corrected chi connectivity index (χ1v) is 8.56. The minimum Gasteiger partial charge on any atom is -0.492 e. The Kier molecular flexibility index (Phi) is 3.99. The number of para-hydroxylation sites is 1. The first-order valence-electron chi connectivity index (χ1n) is 8.56. The molecule has 0 radical (unpaired) electrons. The molecule has 2 fully saturated rings. The van der Waals surface area contributed by atoms with Crippen molar-refractivity contribution in [3.05, 3.63) is 29.8 Å². The number of carbonyl (C=O) groups is 1. The number of likely N-dealkylation sites (tertiary alicyclic amines) is 1. The summed E-state index contributed by atoms with van der Waals surface area (Å²) < 4.78 is 11.1. The summed E-state index contributed by atoms with van der Waals surface area (Å²) in [6.45, 7) is 7.98. The van der Waals surface area contributed by atoms with Gasteiger partial charge in [0.1, 0.15) is 18.3 Å². The van der Waals surface area contributed by atoms with E-state index in [2.05, 4.69) is 11.8 Å². The predicted molar refractivity (Wildman–Crippen MR) is 86.6 cm³/mol. The van der Waals surface area contributed by atoms with Gasteiger partial charge in [-0.25, -0.2) is 0 Å². The zero-order chi connectivity index (χ0) is 15.8. The number of hydrogen-bond acceptors (Lipinski definition) is 4. The van der Waals surface area contributed by atoms with E-state index < -0.39 is 0 Å². The van der Waals surface area contributed by atoms with E-state index in [1.165, 1.54) is 0 Å². The first kappa shape index (κ1) is 15.0. The highest BCUT2D eigenvalue weighted by Gasteiger charge is 2.40. The van der Waals surface area contributed by atoms with Crippen LogP contribution in [0.1, 0.15) is 18.4 Å². The van der Waals surface area contributed by atoms with E-state index in [4.69, 9.17) is 9.47 Å². The largest absolute Gasteiger partial charge is 0.492 e. The molecule has 0 unspecified atom stereocenters. The summed E-state index contributed by atoms with van der Waals surface area (Å²) in [5.74, 6) is 1.46. The Hall–Kier alpha value is -1.59. The van der Waals surface area contributed by atoms with E-state index in [-0.39, 0.29) is 11.8 Å². The molecule has 0 bridgehead atoms. The molecule has 2 saturated heterocycles. The lowest BCUT2D eigenvalue weighted by Gasteiger charge is -2.34. The van der Waals surface area contributed by atoms with Crippen molar-refractivity contribution in [3.63, 3.8) is 0 Å². The number of ether oxygens (including phenoxy) is 2. The van der Waals surface area contributed by atoms with Crippen LogP contribution in [0.15, 0.2) is 24.3 Å². The van der Waals surface area contributed by atoms with Gasteiger partial charge in [0, 0.05) is 37.8 Å². The third-order valence-corrected chi connectivity index (χ3v) is 5.40. The summed E-state index contributed by atoms with van der Waals surface area (Å²) >= 11 is 0. The average Bonchev–Trinajstić information content (AvgIpc) is 3.19. The van der Waals surface area contributed by atoms with E-state index >= 15 is 0 Å². The number of nitrogens with zero attached hydrogens (tertiary/aromatic N) is 2. The van der Waals surface area contributed by atoms with Crippen LogP contribution in [-0.4, -0.2) is 67.7 Å². The van der Waals surface area contributed by atoms with Crippen LogP contribution in [0, 0.1) is 5.92 Å². The monoisotopic (exact) mass is 316 g/mol. The van der Waals surface area contributed by atoms with Crippen molar-refractivity contribution >= 4 is 5.91 Å². The van der Waals surface area contributed by atoms with Crippen LogP contribution in [0.25, 0.3) is 0 Å². The average molecular weight is 316 g/mol. The lowest BCUT2D eigenvalue weighted by atomic mass is 10.00. The fourth-order valence-electron chi connectivity index (χ4n) is 4.10. The summed E-state index contributed by atoms with van der Waals surface area (Å²) in [6.07, 6.45) is 0. The molecule has 5 nitrogen and oxygen atoms in total. The van der Waals surface area contributed by atoms with E-state index in [0.717, 1.165) is 50.7 Å². The Labute approximate surface area is 137 Å². The molecule has 1 aromatic rings. The van der Waals surface area contributed by atoms with Gasteiger partial charge >= 0.3 is 0 Å². The van der Waals surface area contributed by atoms with Crippen molar-refractivity contribution < 1.29 is 14.3 Å². The maximum atomic E-state index is 13.0. The van der Waals surface area contributed by atoms with Gasteiger partial charge in [0.2, 0.25) is 5.91 Å². The lowest BCUT2D eigenvalue weighted by molar-refractivity contribution is -0.132. The topological polar surface area (TPSA) is 42.0 Å². The highest BCUT2D eigenvalue weighted by Crippen LogP contribution is 2.36. The molecule has 4 rings (SSSR count). The van der Waals surface area contributed by atoms with Gasteiger partial charge in [0.15, 0.2) is 0 Å². The van der Waals surface area contributed by atoms with Gasteiger partial charge in [-0.15, -0.1) is 0 Å². The molecule has 3 atom stereocenters. The van der Waals surface area contributed by atoms with Gasteiger partial charge < -0.3 is 14.4 Å². The molecule has 0 aliphatic carbocycles. The zero-order valence-electron chi connectivity index (χ0n) is 13.6. The molecule has 0 aromatic heterocycles. The Balaban J connectivity index is 1.46. The quantitative estimate of drug-likeness (QED) is 0.826. The van der Waals surface area contributed by atoms with Gasteiger partial charge in [-0.2, -0.15) is 0 Å². The fraction of sp³-hybridized carbons (Fsp3) is 0.611. The molecule has 0 N–H and O–H groups in total. The summed E-state index contributed by atoms with van der Waals surface area (Å²) in [5.41, 5.74) is 1.04. The lowest BCUT2D eigenvalue weighted by Crippen LogP contribution is -2.47. The molecule has 0 spiro atoms. The predicted octanol–water partition coefficient (Wildman–Crippen LogP) is 1.34. The Morgan fingerprint density at radius 1 is 1.17 bits per heavy atom. The van der Waals surface area contributed by atoms with Crippen molar-refractivity contribution in [1.29, 1.82) is 0 Å². The van der Waals surface area contributed by atoms with Crippen LogP contribution in [0.3, 0.4) is 0 Å². The first-order chi connectivity index (χ1) is 11.2. The van der Waals surface area contributed by atoms with Crippen LogP contribution < -0.4 is 4.74 Å². The Morgan fingerprint density at radius 3 is 2.78 bits per heavy atom. The van der Waals surface area contributed by atoms with E-state index in [0.29, 0.717) is 18.6 Å². The fourth-order valence-corrected chi connectivity index (χ4v) is 4.10. The summed E-state index contributed by atoms with van der Waals surface area (Å²) in [4.78, 5) is 17.5. The number of fused-ring (bicyclic) bond motifs is 1. The van der Waals surface area contributed by atoms with Gasteiger partial charge in [-0.1, -0.05) is 25.1 Å². The highest BCUT2D eigenvalue weighted by atomic mass is 16.5. The third-order valence-electron chi connectivity index (χ3n) is 5.40. The second kappa shape index (κ2) is 6.13. The molecule has 1 amide bonds. The third kappa shape index (κ3) is 2.72. The number of rotatable bonds is 2. The summed E-state index contributed by atoms with van der Waals surface area (Å²) in [7, 11) is 0. The molecule has 3 aliphatic rings. The van der Waals surface area contributed by atoms with Crippen LogP contribution in [0.5, 0.6) is 5.75 Å². The molecular formula is C18H24N2O3. The number of hydrogen-bond donors (Lipinski definition) is 0. The van der Waals surface area contributed by atoms with Crippen molar-refractivity contribution in [1.82, 2.24) is 9.80 Å². The molecule has 5 heteroatoms. The Morgan fingerprint density at radius 2 is 1.96 bits per heavy atom. The number of morpholine rings is 1. The molecule has 0 saturated carbocycles. The van der Waals surface area contributed by atoms with Crippen molar-refractivity contribution in [2.45, 2.75) is 18.9 Å². The molecule has 124 valence electrons.